The van der Waals surface area contributed by atoms with Crippen molar-refractivity contribution in [2.45, 2.75) is 45.6 Å². The Morgan fingerprint density at radius 1 is 1.28 bits per heavy atom. The lowest BCUT2D eigenvalue weighted by atomic mass is 9.91. The van der Waals surface area contributed by atoms with Gasteiger partial charge >= 0.3 is 0 Å². The standard InChI is InChI=1S/C16H25NO/c1-3-17-16(14-7-4-12(2)10-14)11-13-5-8-15(18)9-6-13/h5-6,8-9,12,14,16-18H,3-4,7,10-11H2,1-2H3. The van der Waals surface area contributed by atoms with Crippen LogP contribution in [0.1, 0.15) is 38.7 Å². The van der Waals surface area contributed by atoms with Crippen molar-refractivity contribution in [3.63, 3.8) is 0 Å². The second-order valence-corrected chi connectivity index (χ2v) is 5.71. The van der Waals surface area contributed by atoms with E-state index >= 15 is 0 Å². The van der Waals surface area contributed by atoms with Crippen molar-refractivity contribution in [2.75, 3.05) is 6.54 Å². The van der Waals surface area contributed by atoms with E-state index in [-0.39, 0.29) is 0 Å². The molecule has 0 aliphatic heterocycles. The topological polar surface area (TPSA) is 32.3 Å². The third-order valence-electron chi connectivity index (χ3n) is 4.16. The van der Waals surface area contributed by atoms with Crippen LogP contribution in [0, 0.1) is 11.8 Å². The summed E-state index contributed by atoms with van der Waals surface area (Å²) >= 11 is 0. The van der Waals surface area contributed by atoms with Gasteiger partial charge in [0.2, 0.25) is 0 Å². The highest BCUT2D eigenvalue weighted by molar-refractivity contribution is 5.26. The van der Waals surface area contributed by atoms with Crippen molar-refractivity contribution in [3.8, 4) is 5.75 Å². The molecule has 2 heteroatoms. The van der Waals surface area contributed by atoms with Gasteiger partial charge < -0.3 is 10.4 Å². The highest BCUT2D eigenvalue weighted by Gasteiger charge is 2.28. The van der Waals surface area contributed by atoms with Gasteiger partial charge in [0.1, 0.15) is 5.75 Å². The molecular weight excluding hydrogens is 222 g/mol. The summed E-state index contributed by atoms with van der Waals surface area (Å²) in [5.74, 6) is 2.05. The Balaban J connectivity index is 1.99. The monoisotopic (exact) mass is 247 g/mol. The molecule has 0 saturated heterocycles. The van der Waals surface area contributed by atoms with E-state index in [0.29, 0.717) is 11.8 Å². The van der Waals surface area contributed by atoms with Gasteiger partial charge in [0.15, 0.2) is 0 Å². The summed E-state index contributed by atoms with van der Waals surface area (Å²) in [6, 6.07) is 8.24. The van der Waals surface area contributed by atoms with Gasteiger partial charge in [-0.3, -0.25) is 0 Å². The number of nitrogens with one attached hydrogen (secondary N) is 1. The van der Waals surface area contributed by atoms with Crippen LogP contribution in [-0.2, 0) is 6.42 Å². The van der Waals surface area contributed by atoms with Crippen molar-refractivity contribution in [3.05, 3.63) is 29.8 Å². The lowest BCUT2D eigenvalue weighted by molar-refractivity contribution is 0.353. The van der Waals surface area contributed by atoms with Crippen LogP contribution < -0.4 is 5.32 Å². The van der Waals surface area contributed by atoms with Crippen molar-refractivity contribution in [1.82, 2.24) is 5.32 Å². The molecule has 2 N–H and O–H groups in total. The lowest BCUT2D eigenvalue weighted by Crippen LogP contribution is -2.37. The van der Waals surface area contributed by atoms with Crippen LogP contribution in [0.3, 0.4) is 0 Å². The molecule has 2 nitrogen and oxygen atoms in total. The molecule has 0 aromatic heterocycles. The summed E-state index contributed by atoms with van der Waals surface area (Å²) in [5.41, 5.74) is 1.32. The Morgan fingerprint density at radius 2 is 2.00 bits per heavy atom. The van der Waals surface area contributed by atoms with Gasteiger partial charge in [0.05, 0.1) is 0 Å². The van der Waals surface area contributed by atoms with E-state index in [0.717, 1.165) is 24.8 Å². The van der Waals surface area contributed by atoms with Gasteiger partial charge in [-0.2, -0.15) is 0 Å². The fourth-order valence-electron chi connectivity index (χ4n) is 3.17. The second kappa shape index (κ2) is 6.24. The molecule has 18 heavy (non-hydrogen) atoms. The molecule has 1 fully saturated rings. The predicted octanol–water partition coefficient (Wildman–Crippen LogP) is 3.35. The molecule has 0 heterocycles. The number of aromatic hydroxyl groups is 1. The van der Waals surface area contributed by atoms with Crippen LogP contribution in [0.15, 0.2) is 24.3 Å². The summed E-state index contributed by atoms with van der Waals surface area (Å²) in [6.45, 7) is 5.58. The van der Waals surface area contributed by atoms with E-state index < -0.39 is 0 Å². The third-order valence-corrected chi connectivity index (χ3v) is 4.16. The Kier molecular flexibility index (Phi) is 4.65. The first-order valence-electron chi connectivity index (χ1n) is 7.20. The van der Waals surface area contributed by atoms with E-state index in [1.165, 1.54) is 24.8 Å². The van der Waals surface area contributed by atoms with Crippen molar-refractivity contribution < 1.29 is 5.11 Å². The molecule has 1 aliphatic rings. The highest BCUT2D eigenvalue weighted by Crippen LogP contribution is 2.33. The number of phenolic OH excluding ortho intramolecular Hbond substituents is 1. The summed E-state index contributed by atoms with van der Waals surface area (Å²) in [4.78, 5) is 0. The van der Waals surface area contributed by atoms with Crippen molar-refractivity contribution in [1.29, 1.82) is 0 Å². The number of phenols is 1. The summed E-state index contributed by atoms with van der Waals surface area (Å²) in [7, 11) is 0. The molecule has 3 atom stereocenters. The maximum atomic E-state index is 9.32. The van der Waals surface area contributed by atoms with Gasteiger partial charge in [-0.05, 0) is 55.3 Å². The first-order valence-corrected chi connectivity index (χ1v) is 7.20. The first-order chi connectivity index (χ1) is 8.69. The predicted molar refractivity (Wildman–Crippen MR) is 75.8 cm³/mol. The number of benzene rings is 1. The molecule has 1 aliphatic carbocycles. The average Bonchev–Trinajstić information content (AvgIpc) is 2.78. The number of likely N-dealkylation sites (N-methyl/N-ethyl adjacent to an activating group) is 1. The van der Waals surface area contributed by atoms with E-state index in [1.54, 1.807) is 12.1 Å². The zero-order valence-corrected chi connectivity index (χ0v) is 11.5. The van der Waals surface area contributed by atoms with Crippen LogP contribution in [0.25, 0.3) is 0 Å². The SMILES string of the molecule is CCNC(Cc1ccc(O)cc1)C1CCC(C)C1. The molecule has 1 saturated carbocycles. The van der Waals surface area contributed by atoms with Gasteiger partial charge in [0.25, 0.3) is 0 Å². The normalized spacial score (nSPS) is 25.2. The fraction of sp³-hybridized carbons (Fsp3) is 0.625. The fourth-order valence-corrected chi connectivity index (χ4v) is 3.17. The van der Waals surface area contributed by atoms with E-state index in [2.05, 4.69) is 19.2 Å². The Morgan fingerprint density at radius 3 is 2.56 bits per heavy atom. The van der Waals surface area contributed by atoms with Crippen LogP contribution >= 0.6 is 0 Å². The number of hydrogen-bond donors (Lipinski definition) is 2. The molecule has 0 bridgehead atoms. The maximum Gasteiger partial charge on any atom is 0.115 e. The molecule has 1 aromatic rings. The zero-order chi connectivity index (χ0) is 13.0. The lowest BCUT2D eigenvalue weighted by Gasteiger charge is -2.24. The second-order valence-electron chi connectivity index (χ2n) is 5.71. The smallest absolute Gasteiger partial charge is 0.115 e. The van der Waals surface area contributed by atoms with E-state index in [9.17, 15) is 5.11 Å². The quantitative estimate of drug-likeness (QED) is 0.836. The minimum atomic E-state index is 0.355. The first kappa shape index (κ1) is 13.4. The van der Waals surface area contributed by atoms with E-state index in [4.69, 9.17) is 0 Å². The zero-order valence-electron chi connectivity index (χ0n) is 11.5. The third kappa shape index (κ3) is 3.49. The molecule has 2 rings (SSSR count). The van der Waals surface area contributed by atoms with Gasteiger partial charge in [0, 0.05) is 6.04 Å². The maximum absolute atomic E-state index is 9.32. The van der Waals surface area contributed by atoms with Gasteiger partial charge in [-0.25, -0.2) is 0 Å². The minimum absolute atomic E-state index is 0.355. The van der Waals surface area contributed by atoms with Crippen molar-refractivity contribution >= 4 is 0 Å². The minimum Gasteiger partial charge on any atom is -0.508 e. The molecular formula is C16H25NO. The van der Waals surface area contributed by atoms with Crippen LogP contribution in [-0.4, -0.2) is 17.7 Å². The summed E-state index contributed by atoms with van der Waals surface area (Å²) in [6.07, 6.45) is 5.17. The Labute approximate surface area is 110 Å². The Bertz CT molecular complexity index is 360. The molecule has 0 radical (unpaired) electrons. The van der Waals surface area contributed by atoms with Crippen LogP contribution in [0.2, 0.25) is 0 Å². The molecule has 0 amide bonds. The van der Waals surface area contributed by atoms with E-state index in [1.807, 2.05) is 12.1 Å². The molecule has 1 aromatic carbocycles. The molecule has 100 valence electrons. The van der Waals surface area contributed by atoms with Crippen LogP contribution in [0.4, 0.5) is 0 Å². The average molecular weight is 247 g/mol. The largest absolute Gasteiger partial charge is 0.508 e. The summed E-state index contributed by atoms with van der Waals surface area (Å²) < 4.78 is 0. The van der Waals surface area contributed by atoms with Gasteiger partial charge in [-0.15, -0.1) is 0 Å². The highest BCUT2D eigenvalue weighted by atomic mass is 16.3. The van der Waals surface area contributed by atoms with Crippen molar-refractivity contribution in [2.24, 2.45) is 11.8 Å². The van der Waals surface area contributed by atoms with Crippen LogP contribution in [0.5, 0.6) is 5.75 Å². The number of hydrogen-bond acceptors (Lipinski definition) is 2. The molecule has 0 spiro atoms. The number of rotatable bonds is 5. The van der Waals surface area contributed by atoms with Gasteiger partial charge in [-0.1, -0.05) is 32.4 Å². The summed E-state index contributed by atoms with van der Waals surface area (Å²) in [5, 5.41) is 13.0. The molecule has 3 unspecified atom stereocenters. The Hall–Kier alpha value is -1.02.